The van der Waals surface area contributed by atoms with Crippen molar-refractivity contribution in [3.63, 3.8) is 0 Å². The highest BCUT2D eigenvalue weighted by atomic mass is 16.5. The average Bonchev–Trinajstić information content (AvgIpc) is 2.38. The van der Waals surface area contributed by atoms with Gasteiger partial charge in [0.05, 0.1) is 11.9 Å². The molecule has 0 amide bonds. The third-order valence-electron chi connectivity index (χ3n) is 2.39. The molecular formula is C14H16N2O2. The molecule has 0 bridgehead atoms. The van der Waals surface area contributed by atoms with Crippen molar-refractivity contribution in [1.82, 2.24) is 4.98 Å². The number of ether oxygens (including phenoxy) is 2. The van der Waals surface area contributed by atoms with Gasteiger partial charge in [0.1, 0.15) is 19.0 Å². The number of nitrogen functional groups attached to an aromatic ring is 1. The number of nitrogens with two attached hydrogens (primary N) is 1. The van der Waals surface area contributed by atoms with Crippen molar-refractivity contribution in [3.05, 3.63) is 48.2 Å². The lowest BCUT2D eigenvalue weighted by Gasteiger charge is -2.09. The minimum Gasteiger partial charge on any atom is -0.490 e. The van der Waals surface area contributed by atoms with Crippen molar-refractivity contribution >= 4 is 5.69 Å². The largest absolute Gasteiger partial charge is 0.490 e. The lowest BCUT2D eigenvalue weighted by molar-refractivity contribution is 0.211. The smallest absolute Gasteiger partial charge is 0.216 e. The van der Waals surface area contributed by atoms with Gasteiger partial charge in [-0.1, -0.05) is 18.2 Å². The maximum atomic E-state index is 5.62. The highest BCUT2D eigenvalue weighted by Gasteiger charge is 2.01. The van der Waals surface area contributed by atoms with Crippen LogP contribution in [-0.2, 0) is 0 Å². The number of hydrogen-bond donors (Lipinski definition) is 1. The summed E-state index contributed by atoms with van der Waals surface area (Å²) in [6.07, 6.45) is 1.58. The normalized spacial score (nSPS) is 10.1. The first kappa shape index (κ1) is 12.2. The standard InChI is InChI=1S/C14H16N2O2/c1-11-9-12(15)10-16-14(11)18-8-7-17-13-5-3-2-4-6-13/h2-6,9-10H,7-8,15H2,1H3. The molecule has 4 heteroatoms. The molecule has 94 valence electrons. The van der Waals surface area contributed by atoms with Crippen LogP contribution >= 0.6 is 0 Å². The van der Waals surface area contributed by atoms with Crippen LogP contribution in [-0.4, -0.2) is 18.2 Å². The van der Waals surface area contributed by atoms with Crippen molar-refractivity contribution in [2.45, 2.75) is 6.92 Å². The Morgan fingerprint density at radius 3 is 2.56 bits per heavy atom. The molecule has 0 radical (unpaired) electrons. The number of para-hydroxylation sites is 1. The topological polar surface area (TPSA) is 57.4 Å². The maximum Gasteiger partial charge on any atom is 0.216 e. The predicted molar refractivity (Wildman–Crippen MR) is 70.8 cm³/mol. The van der Waals surface area contributed by atoms with Crippen LogP contribution in [0.1, 0.15) is 5.56 Å². The molecule has 1 heterocycles. The van der Waals surface area contributed by atoms with Gasteiger partial charge < -0.3 is 15.2 Å². The van der Waals surface area contributed by atoms with E-state index in [2.05, 4.69) is 4.98 Å². The van der Waals surface area contributed by atoms with Crippen LogP contribution < -0.4 is 15.2 Å². The Hall–Kier alpha value is -2.23. The van der Waals surface area contributed by atoms with Crippen molar-refractivity contribution < 1.29 is 9.47 Å². The molecule has 0 aliphatic rings. The van der Waals surface area contributed by atoms with Gasteiger partial charge in [0.2, 0.25) is 5.88 Å². The van der Waals surface area contributed by atoms with Crippen LogP contribution in [0, 0.1) is 6.92 Å². The number of anilines is 1. The Morgan fingerprint density at radius 2 is 1.83 bits per heavy atom. The number of aromatic nitrogens is 1. The van der Waals surface area contributed by atoms with Gasteiger partial charge in [0, 0.05) is 5.56 Å². The van der Waals surface area contributed by atoms with Crippen molar-refractivity contribution in [2.24, 2.45) is 0 Å². The van der Waals surface area contributed by atoms with E-state index in [1.807, 2.05) is 43.3 Å². The van der Waals surface area contributed by atoms with Gasteiger partial charge in [0.25, 0.3) is 0 Å². The Bertz CT molecular complexity index is 500. The van der Waals surface area contributed by atoms with Crippen LogP contribution in [0.2, 0.25) is 0 Å². The molecule has 4 nitrogen and oxygen atoms in total. The molecule has 2 N–H and O–H groups in total. The van der Waals surface area contributed by atoms with Gasteiger partial charge in [-0.2, -0.15) is 0 Å². The van der Waals surface area contributed by atoms with E-state index >= 15 is 0 Å². The van der Waals surface area contributed by atoms with E-state index in [0.29, 0.717) is 24.8 Å². The second-order valence-electron chi connectivity index (χ2n) is 3.90. The minimum absolute atomic E-state index is 0.451. The highest BCUT2D eigenvalue weighted by Crippen LogP contribution is 2.16. The van der Waals surface area contributed by atoms with Crippen molar-refractivity contribution in [3.8, 4) is 11.6 Å². The molecule has 0 saturated carbocycles. The van der Waals surface area contributed by atoms with E-state index in [1.165, 1.54) is 0 Å². The van der Waals surface area contributed by atoms with E-state index in [9.17, 15) is 0 Å². The Morgan fingerprint density at radius 1 is 1.11 bits per heavy atom. The second kappa shape index (κ2) is 5.91. The highest BCUT2D eigenvalue weighted by molar-refractivity contribution is 5.41. The molecule has 18 heavy (non-hydrogen) atoms. The van der Waals surface area contributed by atoms with Crippen LogP contribution in [0.15, 0.2) is 42.6 Å². The molecule has 2 aromatic rings. The minimum atomic E-state index is 0.451. The molecular weight excluding hydrogens is 228 g/mol. The summed E-state index contributed by atoms with van der Waals surface area (Å²) >= 11 is 0. The summed E-state index contributed by atoms with van der Waals surface area (Å²) in [6.45, 7) is 2.85. The number of pyridine rings is 1. The van der Waals surface area contributed by atoms with Gasteiger partial charge in [-0.15, -0.1) is 0 Å². The van der Waals surface area contributed by atoms with E-state index in [0.717, 1.165) is 11.3 Å². The molecule has 1 aromatic heterocycles. The second-order valence-corrected chi connectivity index (χ2v) is 3.90. The van der Waals surface area contributed by atoms with Crippen LogP contribution in [0.5, 0.6) is 11.6 Å². The molecule has 2 rings (SSSR count). The van der Waals surface area contributed by atoms with E-state index in [4.69, 9.17) is 15.2 Å². The lowest BCUT2D eigenvalue weighted by atomic mass is 10.3. The number of hydrogen-bond acceptors (Lipinski definition) is 4. The summed E-state index contributed by atoms with van der Waals surface area (Å²) in [5.74, 6) is 1.43. The maximum absolute atomic E-state index is 5.62. The van der Waals surface area contributed by atoms with Gasteiger partial charge in [-0.05, 0) is 25.1 Å². The SMILES string of the molecule is Cc1cc(N)cnc1OCCOc1ccccc1. The fourth-order valence-corrected chi connectivity index (χ4v) is 1.55. The monoisotopic (exact) mass is 244 g/mol. The van der Waals surface area contributed by atoms with Crippen molar-refractivity contribution in [2.75, 3.05) is 18.9 Å². The fourth-order valence-electron chi connectivity index (χ4n) is 1.55. The summed E-state index contributed by atoms with van der Waals surface area (Å²) in [6, 6.07) is 11.5. The summed E-state index contributed by atoms with van der Waals surface area (Å²) in [7, 11) is 0. The number of rotatable bonds is 5. The molecule has 1 aromatic carbocycles. The Labute approximate surface area is 106 Å². The third-order valence-corrected chi connectivity index (χ3v) is 2.39. The van der Waals surface area contributed by atoms with Crippen LogP contribution in [0.4, 0.5) is 5.69 Å². The first-order valence-corrected chi connectivity index (χ1v) is 5.78. The molecule has 0 unspecified atom stereocenters. The molecule has 0 fully saturated rings. The zero-order valence-corrected chi connectivity index (χ0v) is 10.3. The van der Waals surface area contributed by atoms with Gasteiger partial charge in [-0.25, -0.2) is 4.98 Å². The first-order valence-electron chi connectivity index (χ1n) is 5.78. The molecule has 0 atom stereocenters. The van der Waals surface area contributed by atoms with Gasteiger partial charge >= 0.3 is 0 Å². The number of benzene rings is 1. The van der Waals surface area contributed by atoms with E-state index in [-0.39, 0.29) is 0 Å². The van der Waals surface area contributed by atoms with Gasteiger partial charge in [-0.3, -0.25) is 0 Å². The number of aryl methyl sites for hydroxylation is 1. The molecule has 0 spiro atoms. The summed E-state index contributed by atoms with van der Waals surface area (Å²) < 4.78 is 11.0. The van der Waals surface area contributed by atoms with Crippen LogP contribution in [0.3, 0.4) is 0 Å². The molecule has 0 saturated heterocycles. The van der Waals surface area contributed by atoms with E-state index in [1.54, 1.807) is 6.20 Å². The van der Waals surface area contributed by atoms with Gasteiger partial charge in [0.15, 0.2) is 0 Å². The molecule has 0 aliphatic heterocycles. The third kappa shape index (κ3) is 3.38. The predicted octanol–water partition coefficient (Wildman–Crippen LogP) is 2.43. The Balaban J connectivity index is 1.79. The summed E-state index contributed by atoms with van der Waals surface area (Å²) in [5.41, 5.74) is 7.18. The zero-order chi connectivity index (χ0) is 12.8. The Kier molecular flexibility index (Phi) is 4.02. The zero-order valence-electron chi connectivity index (χ0n) is 10.3. The molecule has 0 aliphatic carbocycles. The fraction of sp³-hybridized carbons (Fsp3) is 0.214. The van der Waals surface area contributed by atoms with Crippen molar-refractivity contribution in [1.29, 1.82) is 0 Å². The van der Waals surface area contributed by atoms with E-state index < -0.39 is 0 Å². The lowest BCUT2D eigenvalue weighted by Crippen LogP contribution is -2.10. The van der Waals surface area contributed by atoms with Crippen LogP contribution in [0.25, 0.3) is 0 Å². The summed E-state index contributed by atoms with van der Waals surface area (Å²) in [5, 5.41) is 0. The average molecular weight is 244 g/mol. The first-order chi connectivity index (χ1) is 8.75. The summed E-state index contributed by atoms with van der Waals surface area (Å²) in [4.78, 5) is 4.12. The number of nitrogens with zero attached hydrogens (tertiary/aromatic N) is 1. The quantitative estimate of drug-likeness (QED) is 0.821.